The number of furan rings is 1. The molecule has 1 atom stereocenters. The van der Waals surface area contributed by atoms with Gasteiger partial charge in [-0.2, -0.15) is 5.10 Å². The fourth-order valence-corrected chi connectivity index (χ4v) is 3.52. The van der Waals surface area contributed by atoms with Crippen LogP contribution >= 0.6 is 0 Å². The third-order valence-corrected chi connectivity index (χ3v) is 4.95. The number of hydrazone groups is 1. The Balaban J connectivity index is 1.80. The number of ether oxygens (including phenoxy) is 2. The molecule has 0 saturated carbocycles. The van der Waals surface area contributed by atoms with Crippen LogP contribution in [0.2, 0.25) is 0 Å². The molecule has 1 aliphatic carbocycles. The molecule has 1 aliphatic rings. The van der Waals surface area contributed by atoms with E-state index in [4.69, 9.17) is 13.9 Å². The van der Waals surface area contributed by atoms with Gasteiger partial charge in [-0.3, -0.25) is 9.59 Å². The van der Waals surface area contributed by atoms with E-state index in [9.17, 15) is 9.59 Å². The lowest BCUT2D eigenvalue weighted by molar-refractivity contribution is 0.0874. The van der Waals surface area contributed by atoms with Gasteiger partial charge in [-0.1, -0.05) is 6.07 Å². The molecule has 2 amide bonds. The van der Waals surface area contributed by atoms with Crippen LogP contribution in [0.1, 0.15) is 57.6 Å². The van der Waals surface area contributed by atoms with Crippen molar-refractivity contribution in [2.45, 2.75) is 39.2 Å². The van der Waals surface area contributed by atoms with Gasteiger partial charge in [0.2, 0.25) is 0 Å². The highest BCUT2D eigenvalue weighted by atomic mass is 16.5. The average molecular weight is 413 g/mol. The number of nitrogens with zero attached hydrogens (tertiary/aromatic N) is 1. The molecule has 2 N–H and O–H groups in total. The number of carbonyl (C=O) groups is 2. The van der Waals surface area contributed by atoms with E-state index in [2.05, 4.69) is 15.8 Å². The molecule has 0 saturated heterocycles. The van der Waals surface area contributed by atoms with Crippen LogP contribution in [0.15, 0.2) is 33.8 Å². The highest BCUT2D eigenvalue weighted by Crippen LogP contribution is 2.30. The first-order valence-corrected chi connectivity index (χ1v) is 9.88. The maximum absolute atomic E-state index is 12.6. The highest BCUT2D eigenvalue weighted by Gasteiger charge is 2.28. The first kappa shape index (κ1) is 21.6. The molecule has 0 spiro atoms. The molecule has 1 heterocycles. The lowest BCUT2D eigenvalue weighted by Gasteiger charge is -2.13. The number of aryl methyl sites for hydroxylation is 1. The molecule has 2 aromatic rings. The molecule has 0 radical (unpaired) electrons. The van der Waals surface area contributed by atoms with Gasteiger partial charge in [0.25, 0.3) is 11.8 Å². The second-order valence-corrected chi connectivity index (χ2v) is 7.27. The average Bonchev–Trinajstić information content (AvgIpc) is 3.09. The number of fused-ring (bicyclic) bond motifs is 1. The van der Waals surface area contributed by atoms with Crippen molar-refractivity contribution in [3.05, 3.63) is 52.5 Å². The number of methoxy groups -OCH3 is 2. The second-order valence-electron chi connectivity index (χ2n) is 7.27. The second kappa shape index (κ2) is 9.58. The van der Waals surface area contributed by atoms with Crippen LogP contribution < -0.4 is 15.5 Å². The van der Waals surface area contributed by atoms with Crippen LogP contribution in [-0.2, 0) is 11.2 Å². The monoisotopic (exact) mass is 413 g/mol. The van der Waals surface area contributed by atoms with Crippen molar-refractivity contribution < 1.29 is 23.5 Å². The Kier molecular flexibility index (Phi) is 6.89. The van der Waals surface area contributed by atoms with Gasteiger partial charge >= 0.3 is 0 Å². The highest BCUT2D eigenvalue weighted by molar-refractivity contribution is 6.07. The topological polar surface area (TPSA) is 102 Å². The minimum atomic E-state index is -0.332. The van der Waals surface area contributed by atoms with Gasteiger partial charge in [-0.15, -0.1) is 0 Å². The molecule has 1 aromatic carbocycles. The zero-order chi connectivity index (χ0) is 21.7. The van der Waals surface area contributed by atoms with Crippen molar-refractivity contribution in [3.8, 4) is 5.75 Å². The quantitative estimate of drug-likeness (QED) is 0.680. The number of hydrogen-bond acceptors (Lipinski definition) is 6. The molecule has 8 nitrogen and oxygen atoms in total. The van der Waals surface area contributed by atoms with Crippen molar-refractivity contribution in [1.29, 1.82) is 0 Å². The van der Waals surface area contributed by atoms with E-state index in [1.165, 1.54) is 0 Å². The normalized spacial score (nSPS) is 15.4. The number of carbonyl (C=O) groups excluding carboxylic acids is 2. The van der Waals surface area contributed by atoms with E-state index in [0.717, 1.165) is 29.7 Å². The van der Waals surface area contributed by atoms with E-state index in [0.29, 0.717) is 30.1 Å². The SMILES string of the molecule is COCC(C)NC(=O)c1oc2c(c1C)/C(=N/NC(=O)c1cccc(OC)c1)CCC2. The third-order valence-electron chi connectivity index (χ3n) is 4.95. The summed E-state index contributed by atoms with van der Waals surface area (Å²) in [6.07, 6.45) is 2.24. The van der Waals surface area contributed by atoms with Gasteiger partial charge in [-0.25, -0.2) is 5.43 Å². The fraction of sp³-hybridized carbons (Fsp3) is 0.409. The minimum absolute atomic E-state index is 0.140. The molecule has 0 fully saturated rings. The van der Waals surface area contributed by atoms with Crippen LogP contribution in [-0.4, -0.2) is 44.4 Å². The number of hydrogen-bond donors (Lipinski definition) is 2. The van der Waals surface area contributed by atoms with Crippen LogP contribution in [0.4, 0.5) is 0 Å². The Morgan fingerprint density at radius 1 is 1.23 bits per heavy atom. The van der Waals surface area contributed by atoms with Gasteiger partial charge in [0.1, 0.15) is 11.5 Å². The Bertz CT molecular complexity index is 964. The van der Waals surface area contributed by atoms with Gasteiger partial charge < -0.3 is 19.2 Å². The zero-order valence-electron chi connectivity index (χ0n) is 17.7. The summed E-state index contributed by atoms with van der Waals surface area (Å²) in [6, 6.07) is 6.71. The van der Waals surface area contributed by atoms with Crippen molar-refractivity contribution >= 4 is 17.5 Å². The summed E-state index contributed by atoms with van der Waals surface area (Å²) >= 11 is 0. The largest absolute Gasteiger partial charge is 0.497 e. The summed E-state index contributed by atoms with van der Waals surface area (Å²) in [5.74, 6) is 0.973. The summed E-state index contributed by atoms with van der Waals surface area (Å²) in [6.45, 7) is 4.11. The van der Waals surface area contributed by atoms with Crippen LogP contribution in [0, 0.1) is 6.92 Å². The number of amides is 2. The predicted octanol–water partition coefficient (Wildman–Crippen LogP) is 2.83. The van der Waals surface area contributed by atoms with E-state index in [1.807, 2.05) is 13.8 Å². The van der Waals surface area contributed by atoms with Gasteiger partial charge in [0, 0.05) is 36.3 Å². The molecule has 160 valence electrons. The lowest BCUT2D eigenvalue weighted by atomic mass is 9.93. The van der Waals surface area contributed by atoms with Crippen molar-refractivity contribution in [2.75, 3.05) is 20.8 Å². The van der Waals surface area contributed by atoms with Crippen molar-refractivity contribution in [2.24, 2.45) is 5.10 Å². The molecule has 1 aromatic heterocycles. The van der Waals surface area contributed by atoms with Crippen molar-refractivity contribution in [3.63, 3.8) is 0 Å². The van der Waals surface area contributed by atoms with Gasteiger partial charge in [0.05, 0.1) is 19.4 Å². The maximum atomic E-state index is 12.6. The van der Waals surface area contributed by atoms with Crippen LogP contribution in [0.25, 0.3) is 0 Å². The summed E-state index contributed by atoms with van der Waals surface area (Å²) < 4.78 is 16.1. The molecule has 30 heavy (non-hydrogen) atoms. The zero-order valence-corrected chi connectivity index (χ0v) is 17.7. The predicted molar refractivity (Wildman–Crippen MR) is 112 cm³/mol. The molecule has 3 rings (SSSR count). The van der Waals surface area contributed by atoms with Gasteiger partial charge in [0.15, 0.2) is 5.76 Å². The molecule has 8 heteroatoms. The summed E-state index contributed by atoms with van der Waals surface area (Å²) in [5.41, 5.74) is 5.29. The van der Waals surface area contributed by atoms with Crippen LogP contribution in [0.5, 0.6) is 5.75 Å². The Morgan fingerprint density at radius 3 is 2.77 bits per heavy atom. The van der Waals surface area contributed by atoms with E-state index in [-0.39, 0.29) is 23.6 Å². The first-order valence-electron chi connectivity index (χ1n) is 9.88. The molecular weight excluding hydrogens is 386 g/mol. The van der Waals surface area contributed by atoms with Crippen molar-refractivity contribution in [1.82, 2.24) is 10.7 Å². The first-order chi connectivity index (χ1) is 14.4. The maximum Gasteiger partial charge on any atom is 0.287 e. The lowest BCUT2D eigenvalue weighted by Crippen LogP contribution is -2.35. The summed E-state index contributed by atoms with van der Waals surface area (Å²) in [7, 11) is 3.13. The Morgan fingerprint density at radius 2 is 2.03 bits per heavy atom. The molecule has 0 bridgehead atoms. The number of rotatable bonds is 7. The Labute approximate surface area is 175 Å². The molecule has 1 unspecified atom stereocenters. The number of nitrogens with one attached hydrogen (secondary N) is 2. The molecular formula is C22H27N3O5. The Hall–Kier alpha value is -3.13. The smallest absolute Gasteiger partial charge is 0.287 e. The van der Waals surface area contributed by atoms with E-state index >= 15 is 0 Å². The molecule has 0 aliphatic heterocycles. The van der Waals surface area contributed by atoms with E-state index < -0.39 is 0 Å². The van der Waals surface area contributed by atoms with Gasteiger partial charge in [-0.05, 0) is 44.9 Å². The van der Waals surface area contributed by atoms with Crippen LogP contribution in [0.3, 0.4) is 0 Å². The fourth-order valence-electron chi connectivity index (χ4n) is 3.52. The summed E-state index contributed by atoms with van der Waals surface area (Å²) in [4.78, 5) is 25.1. The number of benzene rings is 1. The third kappa shape index (κ3) is 4.71. The standard InChI is InChI=1S/C22H27N3O5/c1-13(12-28-3)23-22(27)20-14(2)19-17(9-6-10-18(19)30-20)24-25-21(26)15-7-5-8-16(11-15)29-4/h5,7-8,11,13H,6,9-10,12H2,1-4H3,(H,23,27)(H,25,26)/b24-17+. The van der Waals surface area contributed by atoms with E-state index in [1.54, 1.807) is 38.5 Å². The summed E-state index contributed by atoms with van der Waals surface area (Å²) in [5, 5.41) is 7.21. The minimum Gasteiger partial charge on any atom is -0.497 e.